The molecule has 0 atom stereocenters. The number of hydrogen-bond acceptors (Lipinski definition) is 4. The smallest absolute Gasteiger partial charge is 0.271 e. The van der Waals surface area contributed by atoms with Crippen molar-refractivity contribution in [1.82, 2.24) is 0 Å². The summed E-state index contributed by atoms with van der Waals surface area (Å²) >= 11 is 0. The largest absolute Gasteiger partial charge is 0.296 e. The Morgan fingerprint density at radius 2 is 1.81 bits per heavy atom. The lowest BCUT2D eigenvalue weighted by Gasteiger charge is -2.06. The number of anilines is 1. The van der Waals surface area contributed by atoms with Crippen molar-refractivity contribution in [3.8, 4) is 0 Å². The number of rotatable bonds is 3. The predicted octanol–water partition coefficient (Wildman–Crippen LogP) is 0.538. The molecule has 0 heterocycles. The van der Waals surface area contributed by atoms with Gasteiger partial charge in [0.2, 0.25) is 0 Å². The predicted molar refractivity (Wildman–Crippen MR) is 60.9 cm³/mol. The van der Waals surface area contributed by atoms with Crippen molar-refractivity contribution in [2.75, 3.05) is 4.72 Å². The molecule has 0 saturated heterocycles. The summed E-state index contributed by atoms with van der Waals surface area (Å²) in [5, 5.41) is 4.76. The highest BCUT2D eigenvalue weighted by Crippen LogP contribution is 2.22. The van der Waals surface area contributed by atoms with E-state index in [4.69, 9.17) is 15.8 Å². The lowest BCUT2D eigenvalue weighted by atomic mass is 10.2. The molecule has 0 aliphatic rings. The van der Waals surface area contributed by atoms with Gasteiger partial charge in [-0.05, 0) is 30.7 Å². The Kier molecular flexibility index (Phi) is 3.48. The normalized spacial score (nSPS) is 12.4. The van der Waals surface area contributed by atoms with E-state index in [0.717, 1.165) is 0 Å². The quantitative estimate of drug-likeness (QED) is 0.790. The van der Waals surface area contributed by atoms with Crippen LogP contribution in [0, 0.1) is 6.92 Å². The van der Waals surface area contributed by atoms with E-state index in [-0.39, 0.29) is 10.6 Å². The molecule has 0 fully saturated rings. The number of nitrogens with two attached hydrogens (primary N) is 1. The van der Waals surface area contributed by atoms with Gasteiger partial charge in [-0.15, -0.1) is 0 Å². The fourth-order valence-corrected chi connectivity index (χ4v) is 2.80. The van der Waals surface area contributed by atoms with Gasteiger partial charge in [0.05, 0.1) is 10.6 Å². The van der Waals surface area contributed by atoms with Crippen LogP contribution >= 0.6 is 10.7 Å². The summed E-state index contributed by atoms with van der Waals surface area (Å²) in [4.78, 5) is -0.0749. The molecule has 0 unspecified atom stereocenters. The van der Waals surface area contributed by atoms with Crippen LogP contribution in [0.15, 0.2) is 23.1 Å². The lowest BCUT2D eigenvalue weighted by Crippen LogP contribution is -2.21. The van der Waals surface area contributed by atoms with Crippen LogP contribution in [0.4, 0.5) is 5.69 Å². The van der Waals surface area contributed by atoms with E-state index in [9.17, 15) is 16.8 Å². The molecule has 3 N–H and O–H groups in total. The van der Waals surface area contributed by atoms with Gasteiger partial charge < -0.3 is 0 Å². The molecule has 1 aromatic rings. The molecule has 16 heavy (non-hydrogen) atoms. The summed E-state index contributed by atoms with van der Waals surface area (Å²) < 4.78 is 45.5. The summed E-state index contributed by atoms with van der Waals surface area (Å²) in [6.45, 7) is 1.49. The van der Waals surface area contributed by atoms with Crippen LogP contribution in [0.5, 0.6) is 0 Å². The monoisotopic (exact) mass is 284 g/mol. The summed E-state index contributed by atoms with van der Waals surface area (Å²) in [7, 11) is -2.55. The molecule has 0 aliphatic heterocycles. The first kappa shape index (κ1) is 13.2. The molecule has 6 nitrogen and oxygen atoms in total. The number of aryl methyl sites for hydroxylation is 1. The first-order chi connectivity index (χ1) is 7.09. The minimum absolute atomic E-state index is 0.0749. The molecule has 9 heteroatoms. The van der Waals surface area contributed by atoms with Crippen molar-refractivity contribution in [3.63, 3.8) is 0 Å². The van der Waals surface area contributed by atoms with Crippen molar-refractivity contribution in [3.05, 3.63) is 23.8 Å². The third kappa shape index (κ3) is 3.63. The molecule has 0 aliphatic carbocycles. The van der Waals surface area contributed by atoms with Gasteiger partial charge in [-0.25, -0.2) is 13.6 Å². The number of nitrogens with one attached hydrogen (secondary N) is 1. The third-order valence-electron chi connectivity index (χ3n) is 1.70. The van der Waals surface area contributed by atoms with E-state index in [0.29, 0.717) is 5.56 Å². The molecule has 0 spiro atoms. The average Bonchev–Trinajstić information content (AvgIpc) is 1.97. The second kappa shape index (κ2) is 4.21. The summed E-state index contributed by atoms with van der Waals surface area (Å²) in [6, 6.07) is 3.78. The van der Waals surface area contributed by atoms with Crippen LogP contribution in [0.1, 0.15) is 5.56 Å². The molecular weight excluding hydrogens is 276 g/mol. The summed E-state index contributed by atoms with van der Waals surface area (Å²) in [5.41, 5.74) is 0.493. The highest BCUT2D eigenvalue weighted by Gasteiger charge is 2.14. The van der Waals surface area contributed by atoms with Gasteiger partial charge in [-0.3, -0.25) is 4.72 Å². The molecule has 0 bridgehead atoms. The van der Waals surface area contributed by atoms with Crippen molar-refractivity contribution in [1.29, 1.82) is 0 Å². The Hall–Kier alpha value is -0.830. The fraction of sp³-hybridized carbons (Fsp3) is 0.143. The van der Waals surface area contributed by atoms with Crippen LogP contribution < -0.4 is 9.86 Å². The van der Waals surface area contributed by atoms with Gasteiger partial charge in [-0.2, -0.15) is 8.42 Å². The third-order valence-corrected chi connectivity index (χ3v) is 3.70. The molecule has 1 rings (SSSR count). The van der Waals surface area contributed by atoms with E-state index >= 15 is 0 Å². The zero-order chi connectivity index (χ0) is 12.6. The number of benzene rings is 1. The molecule has 0 saturated carbocycles. The van der Waals surface area contributed by atoms with Crippen LogP contribution in [0.2, 0.25) is 0 Å². The SMILES string of the molecule is Cc1cc(NS(N)(=O)=O)ccc1S(=O)(=O)Cl. The highest BCUT2D eigenvalue weighted by atomic mass is 35.7. The van der Waals surface area contributed by atoms with Crippen LogP contribution in [-0.4, -0.2) is 16.8 Å². The average molecular weight is 285 g/mol. The second-order valence-corrected chi connectivity index (χ2v) is 6.89. The van der Waals surface area contributed by atoms with Gasteiger partial charge in [0.25, 0.3) is 19.3 Å². The topological polar surface area (TPSA) is 106 Å². The first-order valence-electron chi connectivity index (χ1n) is 3.95. The zero-order valence-electron chi connectivity index (χ0n) is 8.14. The Balaban J connectivity index is 3.20. The van der Waals surface area contributed by atoms with E-state index in [1.807, 2.05) is 4.72 Å². The lowest BCUT2D eigenvalue weighted by molar-refractivity contribution is 0.602. The second-order valence-electron chi connectivity index (χ2n) is 3.07. The van der Waals surface area contributed by atoms with Crippen LogP contribution in [0.25, 0.3) is 0 Å². The Labute approximate surface area is 98.0 Å². The number of hydrogen-bond donors (Lipinski definition) is 2. The Morgan fingerprint density at radius 1 is 1.25 bits per heavy atom. The molecular formula is C7H9ClN2O4S2. The van der Waals surface area contributed by atoms with E-state index in [2.05, 4.69) is 0 Å². The zero-order valence-corrected chi connectivity index (χ0v) is 10.5. The maximum Gasteiger partial charge on any atom is 0.296 e. The maximum absolute atomic E-state index is 11.1. The van der Waals surface area contributed by atoms with Crippen molar-refractivity contribution in [2.24, 2.45) is 5.14 Å². The van der Waals surface area contributed by atoms with Crippen molar-refractivity contribution < 1.29 is 16.8 Å². The molecule has 0 amide bonds. The Morgan fingerprint density at radius 3 is 2.19 bits per heavy atom. The molecule has 1 aromatic carbocycles. The van der Waals surface area contributed by atoms with Crippen molar-refractivity contribution >= 4 is 35.6 Å². The van der Waals surface area contributed by atoms with Crippen LogP contribution in [0.3, 0.4) is 0 Å². The van der Waals surface area contributed by atoms with Gasteiger partial charge in [-0.1, -0.05) is 0 Å². The van der Waals surface area contributed by atoms with Crippen molar-refractivity contribution in [2.45, 2.75) is 11.8 Å². The molecule has 0 radical (unpaired) electrons. The van der Waals surface area contributed by atoms with E-state index in [1.54, 1.807) is 0 Å². The highest BCUT2D eigenvalue weighted by molar-refractivity contribution is 8.13. The standard InChI is InChI=1S/C7H9ClN2O4S2/c1-5-4-6(10-16(9,13)14)2-3-7(5)15(8,11)12/h2-4,10H,1H3,(H2,9,13,14). The van der Waals surface area contributed by atoms with Crippen LogP contribution in [-0.2, 0) is 19.3 Å². The first-order valence-corrected chi connectivity index (χ1v) is 7.81. The van der Waals surface area contributed by atoms with E-state index < -0.39 is 19.3 Å². The molecule has 90 valence electrons. The molecule has 0 aromatic heterocycles. The maximum atomic E-state index is 11.1. The van der Waals surface area contributed by atoms with Gasteiger partial charge in [0.1, 0.15) is 0 Å². The summed E-state index contributed by atoms with van der Waals surface area (Å²) in [5.74, 6) is 0. The van der Waals surface area contributed by atoms with Gasteiger partial charge in [0.15, 0.2) is 0 Å². The Bertz CT molecular complexity index is 609. The minimum Gasteiger partial charge on any atom is -0.271 e. The minimum atomic E-state index is -3.87. The van der Waals surface area contributed by atoms with Gasteiger partial charge >= 0.3 is 0 Å². The number of halogens is 1. The van der Waals surface area contributed by atoms with E-state index in [1.165, 1.54) is 25.1 Å². The van der Waals surface area contributed by atoms with Gasteiger partial charge in [0, 0.05) is 10.7 Å². The summed E-state index contributed by atoms with van der Waals surface area (Å²) in [6.07, 6.45) is 0. The fourth-order valence-electron chi connectivity index (χ4n) is 1.15.